The molecule has 0 saturated heterocycles. The van der Waals surface area contributed by atoms with E-state index < -0.39 is 5.91 Å². The number of nitrogens with two attached hydrogens (primary N) is 1. The molecule has 0 saturated carbocycles. The lowest BCUT2D eigenvalue weighted by atomic mass is 10.1. The van der Waals surface area contributed by atoms with Crippen molar-refractivity contribution in [1.29, 1.82) is 0 Å². The molecule has 2 aromatic rings. The molecule has 94 valence electrons. The molecule has 1 amide bonds. The van der Waals surface area contributed by atoms with Crippen LogP contribution >= 0.6 is 11.6 Å². The number of carbonyl (C=O) groups excluding carboxylic acids is 1. The van der Waals surface area contributed by atoms with Crippen LogP contribution in [0.4, 0.5) is 11.7 Å². The maximum absolute atomic E-state index is 12.0. The molecule has 0 fully saturated rings. The molecule has 0 aliphatic carbocycles. The average Bonchev–Trinajstić information content (AvgIpc) is 2.74. The van der Waals surface area contributed by atoms with Gasteiger partial charge in [-0.25, -0.2) is 0 Å². The number of aryl methyl sites for hydroxylation is 1. The third-order valence-corrected chi connectivity index (χ3v) is 2.46. The predicted molar refractivity (Wildman–Crippen MR) is 68.5 cm³/mol. The van der Waals surface area contributed by atoms with E-state index in [0.717, 1.165) is 0 Å². The summed E-state index contributed by atoms with van der Waals surface area (Å²) in [6.45, 7) is 1.76. The van der Waals surface area contributed by atoms with Crippen molar-refractivity contribution in [3.8, 4) is 0 Å². The van der Waals surface area contributed by atoms with Crippen molar-refractivity contribution in [2.45, 2.75) is 6.92 Å². The van der Waals surface area contributed by atoms with Crippen molar-refractivity contribution in [2.75, 3.05) is 10.7 Å². The van der Waals surface area contributed by atoms with Crippen molar-refractivity contribution < 1.29 is 9.21 Å². The Morgan fingerprint density at radius 2 is 2.28 bits per heavy atom. The molecular weight excluding hydrogens is 256 g/mol. The number of amides is 1. The zero-order valence-corrected chi connectivity index (χ0v) is 10.3. The highest BCUT2D eigenvalue weighted by Gasteiger charge is 2.14. The Bertz CT molecular complexity index is 582. The molecule has 0 unspecified atom stereocenters. The van der Waals surface area contributed by atoms with Crippen LogP contribution in [0.5, 0.6) is 0 Å². The first-order valence-electron chi connectivity index (χ1n) is 5.10. The van der Waals surface area contributed by atoms with Gasteiger partial charge in [0.25, 0.3) is 5.91 Å². The Morgan fingerprint density at radius 3 is 2.89 bits per heavy atom. The number of nitrogens with one attached hydrogen (secondary N) is 2. The molecule has 2 rings (SSSR count). The summed E-state index contributed by atoms with van der Waals surface area (Å²) < 4.78 is 5.03. The fraction of sp³-hybridized carbons (Fsp3) is 0.0909. The lowest BCUT2D eigenvalue weighted by Gasteiger charge is -2.08. The van der Waals surface area contributed by atoms with Crippen LogP contribution in [0.25, 0.3) is 0 Å². The maximum atomic E-state index is 12.0. The van der Waals surface area contributed by atoms with Gasteiger partial charge in [0.05, 0.1) is 16.9 Å². The molecule has 0 bridgehead atoms. The maximum Gasteiger partial charge on any atom is 0.301 e. The number of hydrazine groups is 1. The molecule has 1 aromatic heterocycles. The molecule has 1 aromatic carbocycles. The van der Waals surface area contributed by atoms with E-state index in [1.807, 2.05) is 0 Å². The number of hydrogen-bond acceptors (Lipinski definition) is 5. The van der Waals surface area contributed by atoms with E-state index in [4.69, 9.17) is 21.9 Å². The largest absolute Gasteiger partial charge is 0.432 e. The van der Waals surface area contributed by atoms with Gasteiger partial charge in [-0.3, -0.25) is 16.0 Å². The zero-order chi connectivity index (χ0) is 13.1. The average molecular weight is 267 g/mol. The van der Waals surface area contributed by atoms with Gasteiger partial charge >= 0.3 is 6.01 Å². The number of halogens is 1. The van der Waals surface area contributed by atoms with E-state index in [1.165, 1.54) is 12.3 Å². The number of rotatable bonds is 3. The smallest absolute Gasteiger partial charge is 0.301 e. The second kappa shape index (κ2) is 5.07. The Morgan fingerprint density at radius 1 is 1.50 bits per heavy atom. The van der Waals surface area contributed by atoms with E-state index in [1.54, 1.807) is 19.1 Å². The monoisotopic (exact) mass is 266 g/mol. The van der Waals surface area contributed by atoms with Crippen LogP contribution in [-0.4, -0.2) is 10.9 Å². The van der Waals surface area contributed by atoms with Crippen LogP contribution < -0.4 is 16.6 Å². The Hall–Kier alpha value is -2.05. The van der Waals surface area contributed by atoms with Crippen LogP contribution in [0.1, 0.15) is 16.1 Å². The topological polar surface area (TPSA) is 93.2 Å². The Labute approximate surface area is 108 Å². The standard InChI is InChI=1S/C11H11ClN4O2/c1-6-5-18-11(14-6)15-10(17)8-4-7(12)2-3-9(8)16-13/h2-5,16H,13H2,1H3,(H,14,15,17). The third-order valence-electron chi connectivity index (χ3n) is 2.22. The van der Waals surface area contributed by atoms with Crippen LogP contribution in [0.3, 0.4) is 0 Å². The summed E-state index contributed by atoms with van der Waals surface area (Å²) in [5.74, 6) is 4.91. The molecule has 0 aliphatic heterocycles. The summed E-state index contributed by atoms with van der Waals surface area (Å²) in [5, 5.41) is 2.94. The first-order chi connectivity index (χ1) is 8.60. The van der Waals surface area contributed by atoms with E-state index >= 15 is 0 Å². The third kappa shape index (κ3) is 2.61. The van der Waals surface area contributed by atoms with Crippen molar-refractivity contribution in [3.05, 3.63) is 40.7 Å². The van der Waals surface area contributed by atoms with E-state index in [0.29, 0.717) is 22.0 Å². The summed E-state index contributed by atoms with van der Waals surface area (Å²) in [5.41, 5.74) is 3.86. The number of benzene rings is 1. The van der Waals surface area contributed by atoms with Crippen molar-refractivity contribution >= 4 is 29.2 Å². The van der Waals surface area contributed by atoms with Crippen molar-refractivity contribution in [2.24, 2.45) is 5.84 Å². The molecular formula is C11H11ClN4O2. The minimum Gasteiger partial charge on any atom is -0.432 e. The van der Waals surface area contributed by atoms with Gasteiger partial charge in [0.15, 0.2) is 0 Å². The van der Waals surface area contributed by atoms with E-state index in [-0.39, 0.29) is 6.01 Å². The van der Waals surface area contributed by atoms with E-state index in [2.05, 4.69) is 15.7 Å². The lowest BCUT2D eigenvalue weighted by Crippen LogP contribution is -2.17. The molecule has 0 spiro atoms. The van der Waals surface area contributed by atoms with Crippen LogP contribution in [0.2, 0.25) is 5.02 Å². The van der Waals surface area contributed by atoms with Crippen LogP contribution in [0, 0.1) is 6.92 Å². The highest BCUT2D eigenvalue weighted by atomic mass is 35.5. The van der Waals surface area contributed by atoms with Gasteiger partial charge in [-0.2, -0.15) is 4.98 Å². The Kier molecular flexibility index (Phi) is 3.50. The highest BCUT2D eigenvalue weighted by molar-refractivity contribution is 6.31. The molecule has 0 atom stereocenters. The molecule has 0 radical (unpaired) electrons. The number of nitrogen functional groups attached to an aromatic ring is 1. The number of anilines is 2. The van der Waals surface area contributed by atoms with Crippen LogP contribution in [0.15, 0.2) is 28.9 Å². The van der Waals surface area contributed by atoms with Crippen molar-refractivity contribution in [3.63, 3.8) is 0 Å². The first-order valence-corrected chi connectivity index (χ1v) is 5.47. The zero-order valence-electron chi connectivity index (χ0n) is 9.53. The summed E-state index contributed by atoms with van der Waals surface area (Å²) in [7, 11) is 0. The SMILES string of the molecule is Cc1coc(NC(=O)c2cc(Cl)ccc2NN)n1. The number of hydrogen-bond donors (Lipinski definition) is 3. The lowest BCUT2D eigenvalue weighted by molar-refractivity contribution is 0.102. The van der Waals surface area contributed by atoms with Gasteiger partial charge in [0, 0.05) is 5.02 Å². The van der Waals surface area contributed by atoms with Gasteiger partial charge in [0.1, 0.15) is 6.26 Å². The predicted octanol–water partition coefficient (Wildman–Crippen LogP) is 2.17. The van der Waals surface area contributed by atoms with E-state index in [9.17, 15) is 4.79 Å². The summed E-state index contributed by atoms with van der Waals surface area (Å²) in [6.07, 6.45) is 1.44. The summed E-state index contributed by atoms with van der Waals surface area (Å²) in [4.78, 5) is 16.0. The number of oxazole rings is 1. The second-order valence-electron chi connectivity index (χ2n) is 3.58. The molecule has 4 N–H and O–H groups in total. The molecule has 6 nitrogen and oxygen atoms in total. The van der Waals surface area contributed by atoms with Gasteiger partial charge in [-0.15, -0.1) is 0 Å². The molecule has 18 heavy (non-hydrogen) atoms. The van der Waals surface area contributed by atoms with Crippen molar-refractivity contribution in [1.82, 2.24) is 4.98 Å². The van der Waals surface area contributed by atoms with Gasteiger partial charge in [-0.05, 0) is 25.1 Å². The number of nitrogens with zero attached hydrogens (tertiary/aromatic N) is 1. The van der Waals surface area contributed by atoms with Gasteiger partial charge < -0.3 is 9.84 Å². The quantitative estimate of drug-likeness (QED) is 0.585. The van der Waals surface area contributed by atoms with Gasteiger partial charge in [-0.1, -0.05) is 11.6 Å². The van der Waals surface area contributed by atoms with Gasteiger partial charge in [0.2, 0.25) is 0 Å². The summed E-state index contributed by atoms with van der Waals surface area (Å²) in [6, 6.07) is 4.86. The highest BCUT2D eigenvalue weighted by Crippen LogP contribution is 2.21. The number of aromatic nitrogens is 1. The second-order valence-corrected chi connectivity index (χ2v) is 4.02. The summed E-state index contributed by atoms with van der Waals surface area (Å²) >= 11 is 5.84. The molecule has 1 heterocycles. The normalized spacial score (nSPS) is 10.2. The molecule has 0 aliphatic rings. The minimum absolute atomic E-state index is 0.125. The number of carbonyl (C=O) groups is 1. The molecule has 7 heteroatoms. The van der Waals surface area contributed by atoms with Crippen LogP contribution in [-0.2, 0) is 0 Å². The minimum atomic E-state index is -0.410. The fourth-order valence-corrected chi connectivity index (χ4v) is 1.58. The first kappa shape index (κ1) is 12.4. The Balaban J connectivity index is 2.25. The fourth-order valence-electron chi connectivity index (χ4n) is 1.41.